The Morgan fingerprint density at radius 2 is 1.77 bits per heavy atom. The zero-order valence-corrected chi connectivity index (χ0v) is 15.0. The maximum absolute atomic E-state index is 6.34. The molecule has 2 aromatic carbocycles. The number of nitrogens with two attached hydrogens (primary N) is 1. The second-order valence-corrected chi connectivity index (χ2v) is 7.03. The highest BCUT2D eigenvalue weighted by Gasteiger charge is 2.42. The minimum atomic E-state index is -0.281. The van der Waals surface area contributed by atoms with Crippen molar-refractivity contribution in [1.29, 1.82) is 0 Å². The number of hydrogen-bond acceptors (Lipinski definition) is 3. The molecule has 0 bridgehead atoms. The van der Waals surface area contributed by atoms with Gasteiger partial charge in [-0.25, -0.2) is 0 Å². The second-order valence-electron chi connectivity index (χ2n) is 7.03. The number of benzene rings is 2. The lowest BCUT2D eigenvalue weighted by Gasteiger charge is -2.32. The minimum Gasteiger partial charge on any atom is -0.307 e. The zero-order valence-electron chi connectivity index (χ0n) is 15.0. The molecule has 2 N–H and O–H groups in total. The zero-order chi connectivity index (χ0) is 17.9. The van der Waals surface area contributed by atoms with Gasteiger partial charge < -0.3 is 5.73 Å². The maximum atomic E-state index is 6.34. The highest BCUT2D eigenvalue weighted by molar-refractivity contribution is 6.07. The summed E-state index contributed by atoms with van der Waals surface area (Å²) in [4.78, 5) is 0. The summed E-state index contributed by atoms with van der Waals surface area (Å²) in [7, 11) is 0. The summed E-state index contributed by atoms with van der Waals surface area (Å²) in [5, 5.41) is 7.05. The van der Waals surface area contributed by atoms with Crippen LogP contribution < -0.4 is 5.73 Å². The number of hydrogen-bond donors (Lipinski definition) is 1. The summed E-state index contributed by atoms with van der Waals surface area (Å²) in [6.45, 7) is 3.89. The molecule has 1 saturated carbocycles. The van der Waals surface area contributed by atoms with Gasteiger partial charge in [0.25, 0.3) is 0 Å². The lowest BCUT2D eigenvalue weighted by molar-refractivity contribution is 0.163. The lowest BCUT2D eigenvalue weighted by atomic mass is 9.77. The van der Waals surface area contributed by atoms with Gasteiger partial charge in [-0.1, -0.05) is 73.3 Å². The van der Waals surface area contributed by atoms with E-state index in [4.69, 9.17) is 10.8 Å². The monoisotopic (exact) mass is 343 g/mol. The summed E-state index contributed by atoms with van der Waals surface area (Å²) < 4.78 is 0. The Balaban J connectivity index is 1.74. The maximum Gasteiger partial charge on any atom is 0.113 e. The van der Waals surface area contributed by atoms with Gasteiger partial charge in [-0.15, -0.1) is 0 Å². The van der Waals surface area contributed by atoms with Gasteiger partial charge in [0.2, 0.25) is 0 Å². The van der Waals surface area contributed by atoms with Crippen LogP contribution in [0, 0.1) is 5.92 Å². The van der Waals surface area contributed by atoms with E-state index >= 15 is 0 Å². The largest absolute Gasteiger partial charge is 0.307 e. The predicted octanol–water partition coefficient (Wildman–Crippen LogP) is 4.75. The Hall–Kier alpha value is -2.65. The fourth-order valence-corrected chi connectivity index (χ4v) is 4.12. The summed E-state index contributed by atoms with van der Waals surface area (Å²) in [6.07, 6.45) is 7.18. The van der Waals surface area contributed by atoms with Crippen molar-refractivity contribution >= 4 is 11.8 Å². The number of allylic oxidation sites excluding steroid dienone is 1. The van der Waals surface area contributed by atoms with Crippen LogP contribution in [-0.2, 0) is 0 Å². The summed E-state index contributed by atoms with van der Waals surface area (Å²) >= 11 is 0. The number of nitrogens with zero attached hydrogens (tertiary/aromatic N) is 2. The molecule has 1 heterocycles. The van der Waals surface area contributed by atoms with Crippen LogP contribution in [0.3, 0.4) is 0 Å². The molecular weight excluding hydrogens is 318 g/mol. The molecule has 3 atom stereocenters. The van der Waals surface area contributed by atoms with E-state index in [0.717, 1.165) is 12.8 Å². The smallest absolute Gasteiger partial charge is 0.113 e. The first-order chi connectivity index (χ1) is 12.8. The molecule has 0 radical (unpaired) electrons. The number of fused-ring (bicyclic) bond motifs is 1. The van der Waals surface area contributed by atoms with E-state index in [1.54, 1.807) is 6.08 Å². The lowest BCUT2D eigenvalue weighted by Crippen LogP contribution is -2.39. The van der Waals surface area contributed by atoms with E-state index in [0.29, 0.717) is 5.92 Å². The first-order valence-corrected chi connectivity index (χ1v) is 9.34. The van der Waals surface area contributed by atoms with Crippen molar-refractivity contribution in [2.24, 2.45) is 16.8 Å². The third-order valence-electron chi connectivity index (χ3n) is 5.36. The van der Waals surface area contributed by atoms with Crippen LogP contribution >= 0.6 is 0 Å². The van der Waals surface area contributed by atoms with Crippen molar-refractivity contribution in [3.8, 4) is 0 Å². The van der Waals surface area contributed by atoms with Crippen LogP contribution in [0.2, 0.25) is 0 Å². The van der Waals surface area contributed by atoms with E-state index in [1.807, 2.05) is 5.01 Å². The molecule has 3 nitrogen and oxygen atoms in total. The van der Waals surface area contributed by atoms with E-state index in [2.05, 4.69) is 73.3 Å². The van der Waals surface area contributed by atoms with Crippen molar-refractivity contribution in [2.45, 2.75) is 31.5 Å². The van der Waals surface area contributed by atoms with Crippen LogP contribution in [0.25, 0.3) is 6.08 Å². The topological polar surface area (TPSA) is 41.6 Å². The molecule has 132 valence electrons. The SMILES string of the molecule is C=CC(N)N1N=C2C(=Cc3ccccc3)CCCC2C1c1ccccc1. The van der Waals surface area contributed by atoms with Crippen molar-refractivity contribution in [3.05, 3.63) is 90.0 Å². The second kappa shape index (κ2) is 7.30. The van der Waals surface area contributed by atoms with Gasteiger partial charge in [0.1, 0.15) is 6.17 Å². The fraction of sp³-hybridized carbons (Fsp3) is 0.261. The molecular formula is C23H25N3. The van der Waals surface area contributed by atoms with Gasteiger partial charge in [-0.05, 0) is 42.0 Å². The Labute approximate surface area is 155 Å². The molecule has 4 rings (SSSR count). The molecule has 1 fully saturated rings. The standard InChI is InChI=1S/C23H25N3/c1-2-21(24)26-23(18-12-7-4-8-13-18)20-15-9-14-19(22(20)25-26)16-17-10-5-3-6-11-17/h2-8,10-13,16,20-21,23H,1,9,14-15,24H2. The highest BCUT2D eigenvalue weighted by Crippen LogP contribution is 2.44. The third kappa shape index (κ3) is 3.11. The van der Waals surface area contributed by atoms with E-state index in [9.17, 15) is 0 Å². The Morgan fingerprint density at radius 1 is 1.08 bits per heavy atom. The molecule has 1 aliphatic carbocycles. The molecule has 0 saturated heterocycles. The predicted molar refractivity (Wildman–Crippen MR) is 108 cm³/mol. The van der Waals surface area contributed by atoms with Gasteiger partial charge in [0.05, 0.1) is 11.8 Å². The molecule has 0 aromatic heterocycles. The number of hydrazone groups is 1. The average Bonchev–Trinajstić information content (AvgIpc) is 3.09. The van der Waals surface area contributed by atoms with Gasteiger partial charge in [-0.2, -0.15) is 5.10 Å². The minimum absolute atomic E-state index is 0.179. The fourth-order valence-electron chi connectivity index (χ4n) is 4.12. The first-order valence-electron chi connectivity index (χ1n) is 9.34. The van der Waals surface area contributed by atoms with Gasteiger partial charge in [0.15, 0.2) is 0 Å². The average molecular weight is 343 g/mol. The van der Waals surface area contributed by atoms with Crippen molar-refractivity contribution in [2.75, 3.05) is 0 Å². The summed E-state index contributed by atoms with van der Waals surface area (Å²) in [6, 6.07) is 21.3. The summed E-state index contributed by atoms with van der Waals surface area (Å²) in [5.74, 6) is 0.382. The van der Waals surface area contributed by atoms with Crippen molar-refractivity contribution < 1.29 is 0 Å². The van der Waals surface area contributed by atoms with Crippen LogP contribution in [0.15, 0.2) is 84.0 Å². The van der Waals surface area contributed by atoms with Crippen LogP contribution in [0.4, 0.5) is 0 Å². The molecule has 0 amide bonds. The third-order valence-corrected chi connectivity index (χ3v) is 5.36. The highest BCUT2D eigenvalue weighted by atomic mass is 15.5. The van der Waals surface area contributed by atoms with E-state index in [-0.39, 0.29) is 12.2 Å². The van der Waals surface area contributed by atoms with Crippen molar-refractivity contribution in [3.63, 3.8) is 0 Å². The van der Waals surface area contributed by atoms with Crippen molar-refractivity contribution in [1.82, 2.24) is 5.01 Å². The van der Waals surface area contributed by atoms with Crippen LogP contribution in [0.5, 0.6) is 0 Å². The van der Waals surface area contributed by atoms with E-state index < -0.39 is 0 Å². The van der Waals surface area contributed by atoms with Crippen LogP contribution in [-0.4, -0.2) is 16.9 Å². The molecule has 2 aliphatic rings. The van der Waals surface area contributed by atoms with Gasteiger partial charge >= 0.3 is 0 Å². The Bertz CT molecular complexity index is 823. The molecule has 0 spiro atoms. The quantitative estimate of drug-likeness (QED) is 0.814. The van der Waals surface area contributed by atoms with E-state index in [1.165, 1.54) is 28.8 Å². The van der Waals surface area contributed by atoms with Crippen LogP contribution in [0.1, 0.15) is 36.4 Å². The summed E-state index contributed by atoms with van der Waals surface area (Å²) in [5.41, 5.74) is 11.4. The molecule has 26 heavy (non-hydrogen) atoms. The first kappa shape index (κ1) is 16.8. The normalized spacial score (nSPS) is 24.9. The Kier molecular flexibility index (Phi) is 4.72. The Morgan fingerprint density at radius 3 is 2.46 bits per heavy atom. The molecule has 2 aromatic rings. The number of rotatable bonds is 4. The molecule has 3 unspecified atom stereocenters. The molecule has 3 heteroatoms. The van der Waals surface area contributed by atoms with Gasteiger partial charge in [-0.3, -0.25) is 5.01 Å². The van der Waals surface area contributed by atoms with Gasteiger partial charge in [0, 0.05) is 5.92 Å². The molecule has 1 aliphatic heterocycles.